The summed E-state index contributed by atoms with van der Waals surface area (Å²) in [5.74, 6) is -0.323. The van der Waals surface area contributed by atoms with Crippen molar-refractivity contribution in [3.8, 4) is 0 Å². The normalized spacial score (nSPS) is 12.2. The Balaban J connectivity index is 2.77. The van der Waals surface area contributed by atoms with E-state index >= 15 is 0 Å². The second kappa shape index (κ2) is 6.35. The highest BCUT2D eigenvalue weighted by Crippen LogP contribution is 2.16. The molecule has 1 atom stereocenters. The van der Waals surface area contributed by atoms with Crippen molar-refractivity contribution in [2.24, 2.45) is 5.73 Å². The molecule has 1 rings (SSSR count). The zero-order valence-electron chi connectivity index (χ0n) is 10.3. The van der Waals surface area contributed by atoms with Crippen molar-refractivity contribution in [2.75, 3.05) is 11.4 Å². The molecule has 0 aromatic heterocycles. The number of anilines is 1. The maximum Gasteiger partial charge on any atom is 0.228 e. The van der Waals surface area contributed by atoms with Crippen LogP contribution in [0.15, 0.2) is 24.3 Å². The summed E-state index contributed by atoms with van der Waals surface area (Å²) in [6.07, 6.45) is 1.09. The van der Waals surface area contributed by atoms with Gasteiger partial charge in [-0.05, 0) is 37.6 Å². The zero-order chi connectivity index (χ0) is 12.8. The predicted octanol–water partition coefficient (Wildman–Crippen LogP) is 2.31. The SMILES string of the molecule is CCC(N)CC(=O)N(CC)c1ccc(F)cc1. The summed E-state index contributed by atoms with van der Waals surface area (Å²) in [5, 5.41) is 0. The molecule has 0 spiro atoms. The van der Waals surface area contributed by atoms with Crippen molar-refractivity contribution >= 4 is 11.6 Å². The minimum atomic E-state index is -0.303. The molecule has 0 bridgehead atoms. The molecule has 0 saturated carbocycles. The third-order valence-electron chi connectivity index (χ3n) is 2.72. The van der Waals surface area contributed by atoms with E-state index in [-0.39, 0.29) is 17.8 Å². The number of rotatable bonds is 5. The van der Waals surface area contributed by atoms with E-state index in [1.54, 1.807) is 17.0 Å². The van der Waals surface area contributed by atoms with E-state index in [9.17, 15) is 9.18 Å². The molecule has 1 unspecified atom stereocenters. The van der Waals surface area contributed by atoms with Crippen LogP contribution in [-0.4, -0.2) is 18.5 Å². The van der Waals surface area contributed by atoms with Gasteiger partial charge in [-0.3, -0.25) is 4.79 Å². The summed E-state index contributed by atoms with van der Waals surface area (Å²) < 4.78 is 12.8. The van der Waals surface area contributed by atoms with Gasteiger partial charge in [-0.15, -0.1) is 0 Å². The Morgan fingerprint density at radius 2 is 1.94 bits per heavy atom. The van der Waals surface area contributed by atoms with Crippen LogP contribution in [0.5, 0.6) is 0 Å². The van der Waals surface area contributed by atoms with E-state index in [0.717, 1.165) is 6.42 Å². The van der Waals surface area contributed by atoms with Crippen LogP contribution in [0.4, 0.5) is 10.1 Å². The van der Waals surface area contributed by atoms with Gasteiger partial charge in [-0.25, -0.2) is 4.39 Å². The Hall–Kier alpha value is -1.42. The van der Waals surface area contributed by atoms with Crippen molar-refractivity contribution in [1.82, 2.24) is 0 Å². The van der Waals surface area contributed by atoms with Gasteiger partial charge in [-0.1, -0.05) is 6.92 Å². The molecule has 3 nitrogen and oxygen atoms in total. The first-order valence-corrected chi connectivity index (χ1v) is 5.90. The Kier molecular flexibility index (Phi) is 5.10. The molecule has 0 aliphatic carbocycles. The van der Waals surface area contributed by atoms with E-state index in [1.165, 1.54) is 12.1 Å². The molecule has 1 aromatic rings. The quantitative estimate of drug-likeness (QED) is 0.855. The first-order valence-electron chi connectivity index (χ1n) is 5.90. The van der Waals surface area contributed by atoms with Gasteiger partial charge >= 0.3 is 0 Å². The lowest BCUT2D eigenvalue weighted by molar-refractivity contribution is -0.118. The first-order chi connectivity index (χ1) is 8.08. The van der Waals surface area contributed by atoms with E-state index in [2.05, 4.69) is 0 Å². The number of amides is 1. The van der Waals surface area contributed by atoms with Crippen molar-refractivity contribution in [3.63, 3.8) is 0 Å². The average molecular weight is 238 g/mol. The highest BCUT2D eigenvalue weighted by Gasteiger charge is 2.16. The van der Waals surface area contributed by atoms with E-state index in [1.807, 2.05) is 13.8 Å². The van der Waals surface area contributed by atoms with Crippen LogP contribution >= 0.6 is 0 Å². The second-order valence-electron chi connectivity index (χ2n) is 3.99. The maximum atomic E-state index is 12.8. The third-order valence-corrected chi connectivity index (χ3v) is 2.72. The highest BCUT2D eigenvalue weighted by molar-refractivity contribution is 5.93. The number of benzene rings is 1. The van der Waals surface area contributed by atoms with Crippen molar-refractivity contribution < 1.29 is 9.18 Å². The second-order valence-corrected chi connectivity index (χ2v) is 3.99. The molecule has 0 radical (unpaired) electrons. The number of carbonyl (C=O) groups is 1. The van der Waals surface area contributed by atoms with Crippen LogP contribution < -0.4 is 10.6 Å². The Morgan fingerprint density at radius 1 is 1.35 bits per heavy atom. The maximum absolute atomic E-state index is 12.8. The highest BCUT2D eigenvalue weighted by atomic mass is 19.1. The molecule has 0 heterocycles. The monoisotopic (exact) mass is 238 g/mol. The Labute approximate surface area is 101 Å². The number of hydrogen-bond acceptors (Lipinski definition) is 2. The molecular formula is C13H19FN2O. The number of nitrogens with two attached hydrogens (primary N) is 1. The van der Waals surface area contributed by atoms with Gasteiger partial charge in [0.1, 0.15) is 5.82 Å². The van der Waals surface area contributed by atoms with Gasteiger partial charge in [-0.2, -0.15) is 0 Å². The fraction of sp³-hybridized carbons (Fsp3) is 0.462. The summed E-state index contributed by atoms with van der Waals surface area (Å²) in [5.41, 5.74) is 6.47. The number of carbonyl (C=O) groups excluding carboxylic acids is 1. The van der Waals surface area contributed by atoms with Crippen LogP contribution in [0.1, 0.15) is 26.7 Å². The van der Waals surface area contributed by atoms with Crippen molar-refractivity contribution in [3.05, 3.63) is 30.1 Å². The van der Waals surface area contributed by atoms with Crippen LogP contribution in [0.3, 0.4) is 0 Å². The first kappa shape index (κ1) is 13.6. The van der Waals surface area contributed by atoms with Crippen LogP contribution in [0, 0.1) is 5.82 Å². The van der Waals surface area contributed by atoms with E-state index < -0.39 is 0 Å². The van der Waals surface area contributed by atoms with E-state index in [0.29, 0.717) is 18.7 Å². The minimum Gasteiger partial charge on any atom is -0.327 e. The van der Waals surface area contributed by atoms with Gasteiger partial charge in [0.25, 0.3) is 0 Å². The van der Waals surface area contributed by atoms with Crippen LogP contribution in [-0.2, 0) is 4.79 Å². The molecule has 0 aliphatic rings. The smallest absolute Gasteiger partial charge is 0.228 e. The molecule has 0 aliphatic heterocycles. The van der Waals surface area contributed by atoms with Gasteiger partial charge < -0.3 is 10.6 Å². The fourth-order valence-electron chi connectivity index (χ4n) is 1.60. The topological polar surface area (TPSA) is 46.3 Å². The summed E-state index contributed by atoms with van der Waals surface area (Å²) >= 11 is 0. The summed E-state index contributed by atoms with van der Waals surface area (Å²) in [6.45, 7) is 4.39. The largest absolute Gasteiger partial charge is 0.327 e. The van der Waals surface area contributed by atoms with Gasteiger partial charge in [0.2, 0.25) is 5.91 Å². The lowest BCUT2D eigenvalue weighted by atomic mass is 10.1. The average Bonchev–Trinajstić information content (AvgIpc) is 2.32. The standard InChI is InChI=1S/C13H19FN2O/c1-3-11(15)9-13(17)16(4-2)12-7-5-10(14)6-8-12/h5-8,11H,3-4,9,15H2,1-2H3. The molecule has 2 N–H and O–H groups in total. The molecule has 17 heavy (non-hydrogen) atoms. The summed E-state index contributed by atoms with van der Waals surface area (Å²) in [7, 11) is 0. The Morgan fingerprint density at radius 3 is 2.41 bits per heavy atom. The van der Waals surface area contributed by atoms with Crippen LogP contribution in [0.2, 0.25) is 0 Å². The Bertz CT molecular complexity index is 364. The molecule has 0 saturated heterocycles. The predicted molar refractivity (Wildman–Crippen MR) is 67.3 cm³/mol. The van der Waals surface area contributed by atoms with Gasteiger partial charge in [0.15, 0.2) is 0 Å². The van der Waals surface area contributed by atoms with Crippen molar-refractivity contribution in [2.45, 2.75) is 32.7 Å². The summed E-state index contributed by atoms with van der Waals surface area (Å²) in [6, 6.07) is 5.80. The lowest BCUT2D eigenvalue weighted by Gasteiger charge is -2.22. The van der Waals surface area contributed by atoms with E-state index in [4.69, 9.17) is 5.73 Å². The zero-order valence-corrected chi connectivity index (χ0v) is 10.3. The molecular weight excluding hydrogens is 219 g/mol. The molecule has 94 valence electrons. The number of hydrogen-bond donors (Lipinski definition) is 1. The number of halogens is 1. The molecule has 4 heteroatoms. The molecule has 1 amide bonds. The lowest BCUT2D eigenvalue weighted by Crippen LogP contribution is -2.35. The van der Waals surface area contributed by atoms with Gasteiger partial charge in [0.05, 0.1) is 0 Å². The van der Waals surface area contributed by atoms with Crippen LogP contribution in [0.25, 0.3) is 0 Å². The van der Waals surface area contributed by atoms with Crippen molar-refractivity contribution in [1.29, 1.82) is 0 Å². The van der Waals surface area contributed by atoms with Gasteiger partial charge in [0, 0.05) is 24.7 Å². The molecule has 0 fully saturated rings. The summed E-state index contributed by atoms with van der Waals surface area (Å²) in [4.78, 5) is 13.6. The minimum absolute atomic E-state index is 0.0199. The fourth-order valence-corrected chi connectivity index (χ4v) is 1.60. The molecule has 1 aromatic carbocycles. The third kappa shape index (κ3) is 3.82. The number of nitrogens with zero attached hydrogens (tertiary/aromatic N) is 1.